The third-order valence-electron chi connectivity index (χ3n) is 4.22. The number of carbonyl (C=O) groups is 1. The highest BCUT2D eigenvalue weighted by Crippen LogP contribution is 2.35. The molecule has 0 bridgehead atoms. The van der Waals surface area contributed by atoms with E-state index in [0.717, 1.165) is 37.9 Å². The Balaban J connectivity index is 1.70. The molecule has 0 radical (unpaired) electrons. The van der Waals surface area contributed by atoms with E-state index in [-0.39, 0.29) is 17.6 Å². The molecule has 1 N–H and O–H groups in total. The van der Waals surface area contributed by atoms with Gasteiger partial charge in [-0.1, -0.05) is 37.3 Å². The zero-order valence-corrected chi connectivity index (χ0v) is 12.9. The molecule has 1 aromatic carbocycles. The van der Waals surface area contributed by atoms with E-state index in [1.807, 2.05) is 30.3 Å². The molecule has 0 unspecified atom stereocenters. The molecule has 21 heavy (non-hydrogen) atoms. The van der Waals surface area contributed by atoms with Crippen LogP contribution in [-0.4, -0.2) is 25.9 Å². The molecule has 4 nitrogen and oxygen atoms in total. The third kappa shape index (κ3) is 5.05. The molecule has 1 aliphatic carbocycles. The highest BCUT2D eigenvalue weighted by atomic mass is 16.5. The fourth-order valence-electron chi connectivity index (χ4n) is 2.88. The predicted octanol–water partition coefficient (Wildman–Crippen LogP) is 3.51. The maximum Gasteiger partial charge on any atom is 0.407 e. The lowest BCUT2D eigenvalue weighted by atomic mass is 9.74. The molecular formula is C17H25NO3. The average molecular weight is 291 g/mol. The van der Waals surface area contributed by atoms with E-state index in [9.17, 15) is 4.79 Å². The van der Waals surface area contributed by atoms with E-state index >= 15 is 0 Å². The van der Waals surface area contributed by atoms with Crippen LogP contribution in [0.3, 0.4) is 0 Å². The van der Waals surface area contributed by atoms with Gasteiger partial charge in [0.2, 0.25) is 0 Å². The van der Waals surface area contributed by atoms with Crippen molar-refractivity contribution in [2.45, 2.75) is 45.3 Å². The van der Waals surface area contributed by atoms with Gasteiger partial charge in [0.15, 0.2) is 0 Å². The second-order valence-corrected chi connectivity index (χ2v) is 6.22. The normalized spacial score (nSPS) is 25.3. The zero-order valence-electron chi connectivity index (χ0n) is 12.9. The zero-order chi connectivity index (χ0) is 15.1. The summed E-state index contributed by atoms with van der Waals surface area (Å²) in [6, 6.07) is 9.94. The van der Waals surface area contributed by atoms with Crippen molar-refractivity contribution in [1.29, 1.82) is 0 Å². The van der Waals surface area contributed by atoms with E-state index in [0.29, 0.717) is 6.61 Å². The maximum atomic E-state index is 11.8. The van der Waals surface area contributed by atoms with Crippen molar-refractivity contribution in [3.8, 4) is 0 Å². The number of hydrogen-bond acceptors (Lipinski definition) is 3. The van der Waals surface area contributed by atoms with Crippen molar-refractivity contribution in [1.82, 2.24) is 5.32 Å². The van der Waals surface area contributed by atoms with Gasteiger partial charge >= 0.3 is 6.09 Å². The molecule has 1 aliphatic rings. The first kappa shape index (κ1) is 15.8. The molecule has 0 spiro atoms. The van der Waals surface area contributed by atoms with Crippen LogP contribution in [0.1, 0.15) is 38.2 Å². The van der Waals surface area contributed by atoms with Crippen LogP contribution in [0.4, 0.5) is 4.79 Å². The number of nitrogens with one attached hydrogen (secondary N) is 1. The van der Waals surface area contributed by atoms with Gasteiger partial charge in [0.1, 0.15) is 6.61 Å². The summed E-state index contributed by atoms with van der Waals surface area (Å²) in [6.45, 7) is 3.36. The van der Waals surface area contributed by atoms with Gasteiger partial charge in [0.25, 0.3) is 0 Å². The summed E-state index contributed by atoms with van der Waals surface area (Å²) in [5, 5.41) is 2.97. The summed E-state index contributed by atoms with van der Waals surface area (Å²) in [6.07, 6.45) is 3.80. The highest BCUT2D eigenvalue weighted by Gasteiger charge is 2.31. The Hall–Kier alpha value is -1.55. The maximum absolute atomic E-state index is 11.8. The summed E-state index contributed by atoms with van der Waals surface area (Å²) < 4.78 is 10.5. The Kier molecular flexibility index (Phi) is 5.62. The SMILES string of the molecule is COC[C@]1(C)CC[C@H](NC(=O)OCc2ccccc2)CC1. The van der Waals surface area contributed by atoms with E-state index in [4.69, 9.17) is 9.47 Å². The van der Waals surface area contributed by atoms with Crippen molar-refractivity contribution in [2.75, 3.05) is 13.7 Å². The number of carbonyl (C=O) groups excluding carboxylic acids is 1. The fourth-order valence-corrected chi connectivity index (χ4v) is 2.88. The van der Waals surface area contributed by atoms with Crippen molar-refractivity contribution in [2.24, 2.45) is 5.41 Å². The van der Waals surface area contributed by atoms with Crippen LogP contribution in [0, 0.1) is 5.41 Å². The smallest absolute Gasteiger partial charge is 0.407 e. The standard InChI is InChI=1S/C17H25NO3/c1-17(13-20-2)10-8-15(9-11-17)18-16(19)21-12-14-6-4-3-5-7-14/h3-7,15H,8-13H2,1-2H3,(H,18,19)/t15-,17+. The molecule has 0 aliphatic heterocycles. The Bertz CT molecular complexity index is 439. The Morgan fingerprint density at radius 1 is 1.29 bits per heavy atom. The predicted molar refractivity (Wildman–Crippen MR) is 82.0 cm³/mol. The second kappa shape index (κ2) is 7.46. The van der Waals surface area contributed by atoms with Gasteiger partial charge in [-0.15, -0.1) is 0 Å². The molecule has 2 rings (SSSR count). The van der Waals surface area contributed by atoms with Gasteiger partial charge in [0.05, 0.1) is 6.61 Å². The summed E-state index contributed by atoms with van der Waals surface area (Å²) in [7, 11) is 1.75. The number of ether oxygens (including phenoxy) is 2. The lowest BCUT2D eigenvalue weighted by Crippen LogP contribution is -2.41. The van der Waals surface area contributed by atoms with E-state index in [1.54, 1.807) is 7.11 Å². The quantitative estimate of drug-likeness (QED) is 0.903. The van der Waals surface area contributed by atoms with Crippen LogP contribution in [0.2, 0.25) is 0 Å². The Morgan fingerprint density at radius 2 is 1.95 bits per heavy atom. The van der Waals surface area contributed by atoms with Crippen LogP contribution in [0.25, 0.3) is 0 Å². The topological polar surface area (TPSA) is 47.6 Å². The Labute approximate surface area is 126 Å². The van der Waals surface area contributed by atoms with E-state index in [1.165, 1.54) is 0 Å². The van der Waals surface area contributed by atoms with Crippen molar-refractivity contribution in [3.05, 3.63) is 35.9 Å². The number of hydrogen-bond donors (Lipinski definition) is 1. The monoisotopic (exact) mass is 291 g/mol. The Morgan fingerprint density at radius 3 is 2.57 bits per heavy atom. The molecule has 0 heterocycles. The first-order valence-corrected chi connectivity index (χ1v) is 7.57. The van der Waals surface area contributed by atoms with Crippen LogP contribution in [0.5, 0.6) is 0 Å². The molecule has 1 saturated carbocycles. The van der Waals surface area contributed by atoms with Crippen LogP contribution in [-0.2, 0) is 16.1 Å². The summed E-state index contributed by atoms with van der Waals surface area (Å²) in [4.78, 5) is 11.8. The number of benzene rings is 1. The first-order chi connectivity index (χ1) is 10.1. The number of alkyl carbamates (subject to hydrolysis) is 1. The van der Waals surface area contributed by atoms with Gasteiger partial charge in [0, 0.05) is 13.2 Å². The highest BCUT2D eigenvalue weighted by molar-refractivity contribution is 5.67. The lowest BCUT2D eigenvalue weighted by molar-refractivity contribution is 0.0535. The molecule has 1 amide bonds. The molecule has 116 valence electrons. The van der Waals surface area contributed by atoms with Gasteiger partial charge in [-0.05, 0) is 36.7 Å². The van der Waals surface area contributed by atoms with Crippen molar-refractivity contribution < 1.29 is 14.3 Å². The molecule has 0 saturated heterocycles. The molecular weight excluding hydrogens is 266 g/mol. The number of rotatable bonds is 5. The van der Waals surface area contributed by atoms with Crippen LogP contribution in [0.15, 0.2) is 30.3 Å². The van der Waals surface area contributed by atoms with Crippen LogP contribution >= 0.6 is 0 Å². The lowest BCUT2D eigenvalue weighted by Gasteiger charge is -2.36. The minimum absolute atomic E-state index is 0.221. The summed E-state index contributed by atoms with van der Waals surface area (Å²) >= 11 is 0. The first-order valence-electron chi connectivity index (χ1n) is 7.57. The van der Waals surface area contributed by atoms with Gasteiger partial charge in [-0.25, -0.2) is 4.79 Å². The minimum atomic E-state index is -0.320. The largest absolute Gasteiger partial charge is 0.445 e. The van der Waals surface area contributed by atoms with E-state index in [2.05, 4.69) is 12.2 Å². The average Bonchev–Trinajstić information content (AvgIpc) is 2.49. The molecule has 4 heteroatoms. The third-order valence-corrected chi connectivity index (χ3v) is 4.22. The molecule has 1 fully saturated rings. The second-order valence-electron chi connectivity index (χ2n) is 6.22. The van der Waals surface area contributed by atoms with Crippen molar-refractivity contribution in [3.63, 3.8) is 0 Å². The number of amides is 1. The van der Waals surface area contributed by atoms with E-state index < -0.39 is 0 Å². The van der Waals surface area contributed by atoms with Crippen LogP contribution < -0.4 is 5.32 Å². The van der Waals surface area contributed by atoms with Gasteiger partial charge < -0.3 is 14.8 Å². The van der Waals surface area contributed by atoms with Crippen molar-refractivity contribution >= 4 is 6.09 Å². The minimum Gasteiger partial charge on any atom is -0.445 e. The summed E-state index contributed by atoms with van der Waals surface area (Å²) in [5.74, 6) is 0. The number of methoxy groups -OCH3 is 1. The van der Waals surface area contributed by atoms with Gasteiger partial charge in [-0.3, -0.25) is 0 Å². The summed E-state index contributed by atoms with van der Waals surface area (Å²) in [5.41, 5.74) is 1.25. The van der Waals surface area contributed by atoms with Gasteiger partial charge in [-0.2, -0.15) is 0 Å². The molecule has 1 aromatic rings. The fraction of sp³-hybridized carbons (Fsp3) is 0.588. The molecule has 0 aromatic heterocycles. The molecule has 0 atom stereocenters.